The first-order valence-corrected chi connectivity index (χ1v) is 12.4. The largest absolute Gasteiger partial charge is 0.481 e. The van der Waals surface area contributed by atoms with E-state index in [9.17, 15) is 19.1 Å². The number of anilines is 3. The molecule has 0 radical (unpaired) electrons. The minimum atomic E-state index is -0.743. The Balaban J connectivity index is 1.66. The van der Waals surface area contributed by atoms with Crippen LogP contribution in [0.15, 0.2) is 36.4 Å². The normalized spacial score (nSPS) is 21.8. The lowest BCUT2D eigenvalue weighted by Gasteiger charge is -2.34. The molecule has 1 aliphatic carbocycles. The minimum Gasteiger partial charge on any atom is -0.481 e. The number of hydrogen-bond donors (Lipinski definition) is 1. The number of nitrogens with zero attached hydrogens (tertiary/aromatic N) is 4. The van der Waals surface area contributed by atoms with E-state index in [1.165, 1.54) is 19.2 Å². The van der Waals surface area contributed by atoms with E-state index in [0.717, 1.165) is 48.0 Å². The smallest absolute Gasteiger partial charge is 0.414 e. The highest BCUT2D eigenvalue weighted by Gasteiger charge is 2.34. The van der Waals surface area contributed by atoms with E-state index in [-0.39, 0.29) is 23.8 Å². The van der Waals surface area contributed by atoms with Crippen LogP contribution in [-0.4, -0.2) is 46.9 Å². The van der Waals surface area contributed by atoms with Crippen molar-refractivity contribution in [3.8, 4) is 0 Å². The third-order valence-electron chi connectivity index (χ3n) is 7.71. The molecule has 9 heteroatoms. The van der Waals surface area contributed by atoms with E-state index in [1.54, 1.807) is 11.0 Å². The number of carboxylic acid groups (broad SMARTS) is 1. The van der Waals surface area contributed by atoms with Crippen molar-refractivity contribution in [1.29, 1.82) is 0 Å². The van der Waals surface area contributed by atoms with Crippen LogP contribution >= 0.6 is 0 Å². The molecule has 0 spiro atoms. The molecule has 1 aromatic heterocycles. The fourth-order valence-electron chi connectivity index (χ4n) is 5.74. The van der Waals surface area contributed by atoms with Crippen molar-refractivity contribution >= 4 is 40.4 Å². The number of halogens is 1. The molecule has 1 aliphatic heterocycles. The number of aliphatic carboxylic acids is 1. The fourth-order valence-corrected chi connectivity index (χ4v) is 5.74. The van der Waals surface area contributed by atoms with Crippen molar-refractivity contribution < 1.29 is 23.8 Å². The minimum absolute atomic E-state index is 0.00483. The SMILES string of the molecule is COC(=O)N1c2ccc3c(nc(N(C)c4cccc(F)c4)n3C3CCC(C(=O)O)CC3)c2CCC1C. The van der Waals surface area contributed by atoms with Gasteiger partial charge in [-0.1, -0.05) is 6.07 Å². The van der Waals surface area contributed by atoms with Gasteiger partial charge in [-0.05, 0) is 75.8 Å². The number of rotatable bonds is 4. The molecule has 3 aromatic rings. The predicted octanol–water partition coefficient (Wildman–Crippen LogP) is 5.67. The van der Waals surface area contributed by atoms with Gasteiger partial charge in [-0.25, -0.2) is 14.2 Å². The van der Waals surface area contributed by atoms with Gasteiger partial charge < -0.3 is 19.3 Å². The average Bonchev–Trinajstić information content (AvgIpc) is 3.27. The molecule has 2 aromatic carbocycles. The maximum atomic E-state index is 14.1. The number of carbonyl (C=O) groups is 2. The second kappa shape index (κ2) is 9.44. The first-order valence-electron chi connectivity index (χ1n) is 12.4. The zero-order chi connectivity index (χ0) is 25.6. The standard InChI is InChI=1S/C27H31FN4O4/c1-16-7-12-21-22(31(16)27(35)36-3)13-14-23-24(21)29-26(30(2)20-6-4-5-18(28)15-20)32(23)19-10-8-17(9-11-19)25(33)34/h4-6,13-17,19H,7-12H2,1-3H3,(H,33,34). The Kier molecular flexibility index (Phi) is 6.32. The third-order valence-corrected chi connectivity index (χ3v) is 7.71. The van der Waals surface area contributed by atoms with Crippen LogP contribution < -0.4 is 9.80 Å². The number of carboxylic acids is 1. The molecule has 8 nitrogen and oxygen atoms in total. The first kappa shape index (κ1) is 24.1. The third kappa shape index (κ3) is 4.06. The summed E-state index contributed by atoms with van der Waals surface area (Å²) >= 11 is 0. The van der Waals surface area contributed by atoms with E-state index in [0.29, 0.717) is 24.5 Å². The van der Waals surface area contributed by atoms with Gasteiger partial charge in [0.1, 0.15) is 5.82 Å². The quantitative estimate of drug-likeness (QED) is 0.503. The second-order valence-corrected chi connectivity index (χ2v) is 9.82. The topological polar surface area (TPSA) is 87.9 Å². The molecule has 1 fully saturated rings. The number of imidazole rings is 1. The maximum absolute atomic E-state index is 14.1. The Morgan fingerprint density at radius 1 is 1.14 bits per heavy atom. The summed E-state index contributed by atoms with van der Waals surface area (Å²) in [5, 5.41) is 9.48. The van der Waals surface area contributed by atoms with Crippen LogP contribution in [0.2, 0.25) is 0 Å². The number of aromatic nitrogens is 2. The van der Waals surface area contributed by atoms with Crippen LogP contribution in [0, 0.1) is 11.7 Å². The molecule has 1 N–H and O–H groups in total. The number of carbonyl (C=O) groups excluding carboxylic acids is 1. The van der Waals surface area contributed by atoms with Gasteiger partial charge in [-0.15, -0.1) is 0 Å². The van der Waals surface area contributed by atoms with Crippen molar-refractivity contribution in [3.63, 3.8) is 0 Å². The van der Waals surface area contributed by atoms with Crippen molar-refractivity contribution in [2.24, 2.45) is 5.92 Å². The highest BCUT2D eigenvalue weighted by Crippen LogP contribution is 2.42. The van der Waals surface area contributed by atoms with Crippen molar-refractivity contribution in [3.05, 3.63) is 47.8 Å². The van der Waals surface area contributed by atoms with Crippen LogP contribution in [-0.2, 0) is 16.0 Å². The highest BCUT2D eigenvalue weighted by atomic mass is 19.1. The van der Waals surface area contributed by atoms with Crippen molar-refractivity contribution in [2.45, 2.75) is 57.5 Å². The second-order valence-electron chi connectivity index (χ2n) is 9.82. The van der Waals surface area contributed by atoms with E-state index >= 15 is 0 Å². The van der Waals surface area contributed by atoms with Crippen LogP contribution in [0.3, 0.4) is 0 Å². The summed E-state index contributed by atoms with van der Waals surface area (Å²) in [6.07, 6.45) is 3.79. The van der Waals surface area contributed by atoms with Crippen molar-refractivity contribution in [2.75, 3.05) is 24.0 Å². The van der Waals surface area contributed by atoms with Crippen LogP contribution in [0.1, 0.15) is 50.6 Å². The summed E-state index contributed by atoms with van der Waals surface area (Å²) in [4.78, 5) is 32.8. The van der Waals surface area contributed by atoms with Gasteiger partial charge in [0.05, 0.1) is 29.7 Å². The summed E-state index contributed by atoms with van der Waals surface area (Å²) in [6.45, 7) is 2.01. The van der Waals surface area contributed by atoms with Crippen LogP contribution in [0.4, 0.5) is 26.5 Å². The lowest BCUT2D eigenvalue weighted by atomic mass is 9.86. The Hall–Kier alpha value is -3.62. The Labute approximate surface area is 209 Å². The summed E-state index contributed by atoms with van der Waals surface area (Å²) < 4.78 is 21.3. The highest BCUT2D eigenvalue weighted by molar-refractivity contribution is 5.96. The Morgan fingerprint density at radius 2 is 1.89 bits per heavy atom. The molecule has 2 heterocycles. The zero-order valence-electron chi connectivity index (χ0n) is 20.8. The Bertz CT molecular complexity index is 1310. The summed E-state index contributed by atoms with van der Waals surface area (Å²) in [7, 11) is 3.25. The molecule has 2 aliphatic rings. The van der Waals surface area contributed by atoms with E-state index in [1.807, 2.05) is 37.1 Å². The van der Waals surface area contributed by atoms with Crippen molar-refractivity contribution in [1.82, 2.24) is 9.55 Å². The van der Waals surface area contributed by atoms with Gasteiger partial charge in [0, 0.05) is 30.4 Å². The molecule has 0 bridgehead atoms. The lowest BCUT2D eigenvalue weighted by Crippen LogP contribution is -2.42. The summed E-state index contributed by atoms with van der Waals surface area (Å²) in [5.41, 5.74) is 4.21. The van der Waals surface area contributed by atoms with E-state index in [2.05, 4.69) is 4.57 Å². The van der Waals surface area contributed by atoms with Gasteiger partial charge in [0.25, 0.3) is 0 Å². The summed E-state index contributed by atoms with van der Waals surface area (Å²) in [6, 6.07) is 10.4. The van der Waals surface area contributed by atoms with E-state index < -0.39 is 12.1 Å². The van der Waals surface area contributed by atoms with Gasteiger partial charge >= 0.3 is 12.1 Å². The number of benzene rings is 2. The first-order chi connectivity index (χ1) is 17.3. The molecule has 5 rings (SSSR count). The molecule has 0 saturated heterocycles. The molecule has 1 atom stereocenters. The number of aryl methyl sites for hydroxylation is 1. The molecular formula is C27H31FN4O4. The molecule has 1 unspecified atom stereocenters. The molecule has 1 amide bonds. The van der Waals surface area contributed by atoms with Gasteiger partial charge in [-0.3, -0.25) is 9.69 Å². The number of ether oxygens (including phenoxy) is 1. The van der Waals surface area contributed by atoms with Crippen LogP contribution in [0.25, 0.3) is 11.0 Å². The monoisotopic (exact) mass is 494 g/mol. The van der Waals surface area contributed by atoms with Gasteiger partial charge in [-0.2, -0.15) is 0 Å². The number of amides is 1. The summed E-state index contributed by atoms with van der Waals surface area (Å²) in [5.74, 6) is -0.731. The van der Waals surface area contributed by atoms with Crippen LogP contribution in [0.5, 0.6) is 0 Å². The zero-order valence-corrected chi connectivity index (χ0v) is 20.8. The number of hydrogen-bond acceptors (Lipinski definition) is 5. The predicted molar refractivity (Wildman–Crippen MR) is 135 cm³/mol. The fraction of sp³-hybridized carbons (Fsp3) is 0.444. The number of fused-ring (bicyclic) bond motifs is 3. The van der Waals surface area contributed by atoms with E-state index in [4.69, 9.17) is 9.72 Å². The maximum Gasteiger partial charge on any atom is 0.414 e. The molecular weight excluding hydrogens is 463 g/mol. The van der Waals surface area contributed by atoms with Gasteiger partial charge in [0.15, 0.2) is 0 Å². The molecule has 1 saturated carbocycles. The lowest BCUT2D eigenvalue weighted by molar-refractivity contribution is -0.143. The molecule has 36 heavy (non-hydrogen) atoms. The average molecular weight is 495 g/mol. The Morgan fingerprint density at radius 3 is 2.56 bits per heavy atom. The number of methoxy groups -OCH3 is 1. The molecule has 190 valence electrons. The van der Waals surface area contributed by atoms with Gasteiger partial charge in [0.2, 0.25) is 5.95 Å².